The Bertz CT molecular complexity index is 1000. The fraction of sp³-hybridized carbons (Fsp3) is 0.360. The lowest BCUT2D eigenvalue weighted by atomic mass is 9.90. The van der Waals surface area contributed by atoms with E-state index < -0.39 is 6.10 Å². The summed E-state index contributed by atoms with van der Waals surface area (Å²) in [4.78, 5) is 0. The monoisotopic (exact) mass is 426 g/mol. The highest BCUT2D eigenvalue weighted by Crippen LogP contribution is 2.39. The van der Waals surface area contributed by atoms with Gasteiger partial charge in [0.05, 0.1) is 36.5 Å². The molecule has 0 spiro atoms. The summed E-state index contributed by atoms with van der Waals surface area (Å²) in [7, 11) is 0. The lowest BCUT2D eigenvalue weighted by Crippen LogP contribution is -2.33. The van der Waals surface area contributed by atoms with E-state index in [2.05, 4.69) is 18.2 Å². The molecule has 3 atom stereocenters. The smallest absolute Gasteiger partial charge is 0.119 e. The van der Waals surface area contributed by atoms with E-state index in [1.807, 2.05) is 43.3 Å². The van der Waals surface area contributed by atoms with E-state index in [0.29, 0.717) is 25.9 Å². The zero-order valence-corrected chi connectivity index (χ0v) is 17.8. The number of hydrogen-bond acceptors (Lipinski definition) is 4. The van der Waals surface area contributed by atoms with Crippen LogP contribution in [0.4, 0.5) is 0 Å². The molecule has 158 valence electrons. The van der Waals surface area contributed by atoms with E-state index in [-0.39, 0.29) is 18.8 Å². The Morgan fingerprint density at radius 3 is 2.50 bits per heavy atom. The van der Waals surface area contributed by atoms with Crippen molar-refractivity contribution in [1.29, 1.82) is 0 Å². The molecule has 0 radical (unpaired) electrons. The Balaban J connectivity index is 1.72. The van der Waals surface area contributed by atoms with Crippen molar-refractivity contribution < 1.29 is 19.7 Å². The van der Waals surface area contributed by atoms with Crippen LogP contribution in [-0.2, 0) is 11.2 Å². The summed E-state index contributed by atoms with van der Waals surface area (Å²) in [5.74, 6) is 0.853. The number of fused-ring (bicyclic) bond motifs is 1. The highest BCUT2D eigenvalue weighted by molar-refractivity contribution is 6.36. The number of aliphatic hydroxyl groups excluding tert-OH is 2. The summed E-state index contributed by atoms with van der Waals surface area (Å²) >= 11 is 6.81. The molecule has 3 aromatic rings. The summed E-state index contributed by atoms with van der Waals surface area (Å²) in [6, 6.07) is 18.2. The van der Waals surface area contributed by atoms with Crippen LogP contribution in [0.1, 0.15) is 42.6 Å². The highest BCUT2D eigenvalue weighted by atomic mass is 35.5. The Labute approximate surface area is 182 Å². The van der Waals surface area contributed by atoms with E-state index in [1.54, 1.807) is 0 Å². The van der Waals surface area contributed by atoms with E-state index in [9.17, 15) is 10.2 Å². The van der Waals surface area contributed by atoms with Crippen molar-refractivity contribution in [2.45, 2.75) is 44.5 Å². The van der Waals surface area contributed by atoms with Crippen LogP contribution < -0.4 is 4.74 Å². The number of hydrogen-bond donors (Lipinski definition) is 2. The Kier molecular flexibility index (Phi) is 6.59. The Morgan fingerprint density at radius 1 is 1.07 bits per heavy atom. The molecule has 2 N–H and O–H groups in total. The van der Waals surface area contributed by atoms with Gasteiger partial charge in [-0.05, 0) is 47.6 Å². The van der Waals surface area contributed by atoms with Crippen LogP contribution in [0.25, 0.3) is 10.8 Å². The first-order valence-electron chi connectivity index (χ1n) is 10.4. The summed E-state index contributed by atoms with van der Waals surface area (Å²) in [5, 5.41) is 22.6. The van der Waals surface area contributed by atoms with Crippen LogP contribution in [0.5, 0.6) is 5.75 Å². The third-order valence-corrected chi connectivity index (χ3v) is 6.09. The lowest BCUT2D eigenvalue weighted by molar-refractivity contribution is -0.113. The number of ether oxygens (including phenoxy) is 2. The topological polar surface area (TPSA) is 58.9 Å². The summed E-state index contributed by atoms with van der Waals surface area (Å²) in [5.41, 5.74) is 3.16. The van der Waals surface area contributed by atoms with Gasteiger partial charge in [-0.25, -0.2) is 0 Å². The second kappa shape index (κ2) is 9.36. The maximum absolute atomic E-state index is 10.3. The molecular weight excluding hydrogens is 400 g/mol. The average molecular weight is 427 g/mol. The van der Waals surface area contributed by atoms with Crippen LogP contribution >= 0.6 is 11.6 Å². The molecule has 0 aromatic heterocycles. The number of aliphatic hydroxyl groups is 2. The van der Waals surface area contributed by atoms with Gasteiger partial charge in [0.1, 0.15) is 5.75 Å². The van der Waals surface area contributed by atoms with Crippen molar-refractivity contribution in [1.82, 2.24) is 0 Å². The van der Waals surface area contributed by atoms with Gasteiger partial charge in [0.25, 0.3) is 0 Å². The van der Waals surface area contributed by atoms with E-state index in [4.69, 9.17) is 21.1 Å². The zero-order valence-electron chi connectivity index (χ0n) is 17.1. The number of halogens is 1. The first kappa shape index (κ1) is 21.1. The van der Waals surface area contributed by atoms with Gasteiger partial charge in [-0.2, -0.15) is 0 Å². The van der Waals surface area contributed by atoms with Gasteiger partial charge < -0.3 is 19.7 Å². The summed E-state index contributed by atoms with van der Waals surface area (Å²) < 4.78 is 11.7. The third-order valence-electron chi connectivity index (χ3n) is 5.64. The second-order valence-electron chi connectivity index (χ2n) is 7.79. The van der Waals surface area contributed by atoms with Crippen LogP contribution in [-0.4, -0.2) is 35.6 Å². The maximum atomic E-state index is 10.3. The van der Waals surface area contributed by atoms with Crippen molar-refractivity contribution >= 4 is 22.4 Å². The van der Waals surface area contributed by atoms with Gasteiger partial charge in [0.2, 0.25) is 0 Å². The molecule has 4 nitrogen and oxygen atoms in total. The van der Waals surface area contributed by atoms with Gasteiger partial charge in [-0.1, -0.05) is 54.1 Å². The van der Waals surface area contributed by atoms with Crippen molar-refractivity contribution in [2.24, 2.45) is 0 Å². The minimum Gasteiger partial charge on any atom is -0.494 e. The summed E-state index contributed by atoms with van der Waals surface area (Å²) in [6.07, 6.45) is 0.504. The van der Waals surface area contributed by atoms with Crippen molar-refractivity contribution in [3.05, 3.63) is 76.3 Å². The second-order valence-corrected chi connectivity index (χ2v) is 8.17. The van der Waals surface area contributed by atoms with Gasteiger partial charge in [-0.15, -0.1) is 0 Å². The molecule has 0 amide bonds. The van der Waals surface area contributed by atoms with Crippen molar-refractivity contribution in [3.8, 4) is 5.75 Å². The largest absolute Gasteiger partial charge is 0.494 e. The zero-order chi connectivity index (χ0) is 21.1. The molecule has 1 aliphatic rings. The molecule has 3 aromatic carbocycles. The molecule has 1 heterocycles. The molecule has 5 heteroatoms. The first-order valence-corrected chi connectivity index (χ1v) is 10.8. The van der Waals surface area contributed by atoms with Gasteiger partial charge in [-0.3, -0.25) is 0 Å². The minimum absolute atomic E-state index is 0.0991. The van der Waals surface area contributed by atoms with Crippen LogP contribution in [0.3, 0.4) is 0 Å². The van der Waals surface area contributed by atoms with Crippen LogP contribution in [0, 0.1) is 0 Å². The van der Waals surface area contributed by atoms with Crippen molar-refractivity contribution in [2.75, 3.05) is 13.2 Å². The van der Waals surface area contributed by atoms with Gasteiger partial charge >= 0.3 is 0 Å². The number of rotatable bonds is 6. The van der Waals surface area contributed by atoms with Gasteiger partial charge in [0.15, 0.2) is 0 Å². The molecular formula is C25H27ClO4. The van der Waals surface area contributed by atoms with Crippen LogP contribution in [0.15, 0.2) is 54.6 Å². The average Bonchev–Trinajstić information content (AvgIpc) is 2.76. The summed E-state index contributed by atoms with van der Waals surface area (Å²) in [6.45, 7) is 2.51. The molecule has 30 heavy (non-hydrogen) atoms. The fourth-order valence-corrected chi connectivity index (χ4v) is 4.51. The SMILES string of the molecule is CCOc1ccc(Cc2cc([C@H]3CC(O)C[C@@H](CO)O3)c3ccccc3c2Cl)cc1. The van der Waals surface area contributed by atoms with E-state index in [1.165, 1.54) is 0 Å². The Hall–Kier alpha value is -2.11. The lowest BCUT2D eigenvalue weighted by Gasteiger charge is -2.33. The predicted molar refractivity (Wildman–Crippen MR) is 119 cm³/mol. The predicted octanol–water partition coefficient (Wildman–Crippen LogP) is 5.06. The van der Waals surface area contributed by atoms with E-state index >= 15 is 0 Å². The van der Waals surface area contributed by atoms with Crippen molar-refractivity contribution in [3.63, 3.8) is 0 Å². The molecule has 1 saturated heterocycles. The molecule has 1 unspecified atom stereocenters. The molecule has 0 aliphatic carbocycles. The standard InChI is InChI=1S/C25H27ClO4/c1-2-29-19-9-7-16(8-10-19)11-17-12-23(21-5-3-4-6-22(21)25(17)26)24-14-18(28)13-20(15-27)30-24/h3-10,12,18,20,24,27-28H,2,11,13-15H2,1H3/t18?,20-,24+/m0/s1. The highest BCUT2D eigenvalue weighted by Gasteiger charge is 2.30. The molecule has 0 saturated carbocycles. The molecule has 4 rings (SSSR count). The fourth-order valence-electron chi connectivity index (χ4n) is 4.22. The van der Waals surface area contributed by atoms with Crippen LogP contribution in [0.2, 0.25) is 5.02 Å². The molecule has 1 fully saturated rings. The first-order chi connectivity index (χ1) is 14.6. The maximum Gasteiger partial charge on any atom is 0.119 e. The molecule has 0 bridgehead atoms. The normalized spacial score (nSPS) is 21.7. The minimum atomic E-state index is -0.495. The third kappa shape index (κ3) is 4.47. The quantitative estimate of drug-likeness (QED) is 0.578. The Morgan fingerprint density at radius 2 is 1.80 bits per heavy atom. The number of benzene rings is 3. The van der Waals surface area contributed by atoms with Gasteiger partial charge in [0, 0.05) is 18.2 Å². The van der Waals surface area contributed by atoms with E-state index in [0.717, 1.165) is 38.2 Å². The molecule has 1 aliphatic heterocycles.